The minimum atomic E-state index is 0.584. The third kappa shape index (κ3) is 2.04. The summed E-state index contributed by atoms with van der Waals surface area (Å²) < 4.78 is 0. The van der Waals surface area contributed by atoms with E-state index in [1.54, 1.807) is 0 Å². The predicted molar refractivity (Wildman–Crippen MR) is 81.1 cm³/mol. The van der Waals surface area contributed by atoms with E-state index in [-0.39, 0.29) is 0 Å². The molecule has 0 radical (unpaired) electrons. The molecule has 96 valence electrons. The maximum atomic E-state index is 5.72. The molecule has 0 aliphatic rings. The minimum absolute atomic E-state index is 0.584. The van der Waals surface area contributed by atoms with Gasteiger partial charge in [0, 0.05) is 23.1 Å². The van der Waals surface area contributed by atoms with Crippen LogP contribution in [0.3, 0.4) is 0 Å². The summed E-state index contributed by atoms with van der Waals surface area (Å²) in [4.78, 5) is 3.52. The molecular formula is C17H18N2. The van der Waals surface area contributed by atoms with Crippen LogP contribution in [0.1, 0.15) is 16.7 Å². The van der Waals surface area contributed by atoms with Gasteiger partial charge < -0.3 is 10.7 Å². The lowest BCUT2D eigenvalue weighted by Gasteiger charge is -2.01. The van der Waals surface area contributed by atoms with Crippen LogP contribution in [0.4, 0.5) is 0 Å². The van der Waals surface area contributed by atoms with Gasteiger partial charge in [-0.3, -0.25) is 0 Å². The van der Waals surface area contributed by atoms with Crippen molar-refractivity contribution in [1.82, 2.24) is 4.98 Å². The number of aromatic amines is 1. The number of benzene rings is 2. The summed E-state index contributed by atoms with van der Waals surface area (Å²) in [6.45, 7) is 4.87. The largest absolute Gasteiger partial charge is 0.354 e. The molecule has 3 aromatic rings. The van der Waals surface area contributed by atoms with Gasteiger partial charge in [-0.05, 0) is 48.7 Å². The van der Waals surface area contributed by atoms with Crippen LogP contribution in [0.5, 0.6) is 0 Å². The number of H-pyrrole nitrogens is 1. The highest BCUT2D eigenvalue weighted by Crippen LogP contribution is 2.30. The van der Waals surface area contributed by atoms with Crippen molar-refractivity contribution >= 4 is 10.9 Å². The van der Waals surface area contributed by atoms with Crippen LogP contribution in [0.25, 0.3) is 22.2 Å². The molecule has 0 aliphatic carbocycles. The molecule has 3 rings (SSSR count). The van der Waals surface area contributed by atoms with Gasteiger partial charge in [-0.25, -0.2) is 0 Å². The minimum Gasteiger partial charge on any atom is -0.354 e. The molecule has 19 heavy (non-hydrogen) atoms. The summed E-state index contributed by atoms with van der Waals surface area (Å²) in [6, 6.07) is 15.0. The van der Waals surface area contributed by atoms with E-state index in [4.69, 9.17) is 5.73 Å². The number of nitrogens with two attached hydrogens (primary N) is 1. The third-order valence-electron chi connectivity index (χ3n) is 3.67. The third-order valence-corrected chi connectivity index (χ3v) is 3.67. The highest BCUT2D eigenvalue weighted by Gasteiger charge is 2.09. The van der Waals surface area contributed by atoms with Crippen molar-refractivity contribution < 1.29 is 0 Å². The fraction of sp³-hybridized carbons (Fsp3) is 0.176. The van der Waals surface area contributed by atoms with Gasteiger partial charge in [-0.2, -0.15) is 0 Å². The van der Waals surface area contributed by atoms with E-state index in [0.717, 1.165) is 0 Å². The second-order valence-corrected chi connectivity index (χ2v) is 5.08. The highest BCUT2D eigenvalue weighted by molar-refractivity contribution is 5.91. The summed E-state index contributed by atoms with van der Waals surface area (Å²) in [5.41, 5.74) is 13.1. The summed E-state index contributed by atoms with van der Waals surface area (Å²) in [5, 5.41) is 1.26. The second kappa shape index (κ2) is 4.56. The molecule has 0 spiro atoms. The Morgan fingerprint density at radius 3 is 2.63 bits per heavy atom. The molecule has 0 saturated carbocycles. The van der Waals surface area contributed by atoms with Gasteiger partial charge in [0.15, 0.2) is 0 Å². The first-order chi connectivity index (χ1) is 9.19. The van der Waals surface area contributed by atoms with E-state index >= 15 is 0 Å². The van der Waals surface area contributed by atoms with E-state index in [0.29, 0.717) is 6.54 Å². The number of nitrogens with one attached hydrogen (secondary N) is 1. The molecule has 0 amide bonds. The lowest BCUT2D eigenvalue weighted by atomic mass is 10.0. The van der Waals surface area contributed by atoms with Gasteiger partial charge in [-0.1, -0.05) is 29.8 Å². The Morgan fingerprint density at radius 2 is 1.89 bits per heavy atom. The van der Waals surface area contributed by atoms with Crippen LogP contribution in [0, 0.1) is 13.8 Å². The monoisotopic (exact) mass is 250 g/mol. The van der Waals surface area contributed by atoms with Crippen LogP contribution in [0.15, 0.2) is 42.5 Å². The molecule has 0 fully saturated rings. The van der Waals surface area contributed by atoms with Crippen LogP contribution in [0.2, 0.25) is 0 Å². The summed E-state index contributed by atoms with van der Waals surface area (Å²) in [7, 11) is 0. The van der Waals surface area contributed by atoms with Gasteiger partial charge in [0.1, 0.15) is 0 Å². The van der Waals surface area contributed by atoms with Crippen molar-refractivity contribution in [1.29, 1.82) is 0 Å². The number of hydrogen-bond acceptors (Lipinski definition) is 1. The second-order valence-electron chi connectivity index (χ2n) is 5.08. The number of fused-ring (bicyclic) bond motifs is 1. The molecular weight excluding hydrogens is 232 g/mol. The van der Waals surface area contributed by atoms with Crippen LogP contribution in [-0.2, 0) is 6.54 Å². The van der Waals surface area contributed by atoms with Gasteiger partial charge in [0.05, 0.1) is 0 Å². The number of hydrogen-bond donors (Lipinski definition) is 2. The Bertz CT molecular complexity index is 738. The van der Waals surface area contributed by atoms with E-state index < -0.39 is 0 Å². The summed E-state index contributed by atoms with van der Waals surface area (Å²) >= 11 is 0. The first-order valence-electron chi connectivity index (χ1n) is 6.57. The molecule has 0 bridgehead atoms. The van der Waals surface area contributed by atoms with Gasteiger partial charge in [0.2, 0.25) is 0 Å². The fourth-order valence-corrected chi connectivity index (χ4v) is 2.59. The summed E-state index contributed by atoms with van der Waals surface area (Å²) in [6.07, 6.45) is 0. The zero-order valence-corrected chi connectivity index (χ0v) is 11.3. The molecule has 0 unspecified atom stereocenters. The lowest BCUT2D eigenvalue weighted by Crippen LogP contribution is -1.95. The molecule has 0 aliphatic heterocycles. The standard InChI is InChI=1S/C17H18N2/c1-11-4-3-5-14(8-11)17-12(2)15-9-13(10-18)6-7-16(15)19-17/h3-9,19H,10,18H2,1-2H3. The van der Waals surface area contributed by atoms with Gasteiger partial charge >= 0.3 is 0 Å². The van der Waals surface area contributed by atoms with Crippen molar-refractivity contribution in [3.8, 4) is 11.3 Å². The fourth-order valence-electron chi connectivity index (χ4n) is 2.59. The van der Waals surface area contributed by atoms with Crippen LogP contribution < -0.4 is 5.73 Å². The van der Waals surface area contributed by atoms with Crippen LogP contribution in [-0.4, -0.2) is 4.98 Å². The number of aromatic nitrogens is 1. The molecule has 0 saturated heterocycles. The Labute approximate surface area is 113 Å². The van der Waals surface area contributed by atoms with Crippen molar-refractivity contribution in [2.24, 2.45) is 5.73 Å². The lowest BCUT2D eigenvalue weighted by molar-refractivity contribution is 1.08. The first kappa shape index (κ1) is 12.0. The van der Waals surface area contributed by atoms with E-state index in [9.17, 15) is 0 Å². The molecule has 3 N–H and O–H groups in total. The number of aryl methyl sites for hydroxylation is 2. The molecule has 1 heterocycles. The molecule has 2 heteroatoms. The van der Waals surface area contributed by atoms with Gasteiger partial charge in [0.25, 0.3) is 0 Å². The highest BCUT2D eigenvalue weighted by atomic mass is 14.7. The van der Waals surface area contributed by atoms with Crippen molar-refractivity contribution in [2.75, 3.05) is 0 Å². The molecule has 1 aromatic heterocycles. The van der Waals surface area contributed by atoms with Crippen molar-refractivity contribution in [2.45, 2.75) is 20.4 Å². The Balaban J connectivity index is 2.22. The zero-order valence-electron chi connectivity index (χ0n) is 11.3. The Hall–Kier alpha value is -2.06. The maximum absolute atomic E-state index is 5.72. The van der Waals surface area contributed by atoms with E-state index in [1.165, 1.54) is 38.9 Å². The van der Waals surface area contributed by atoms with E-state index in [2.05, 4.69) is 61.3 Å². The smallest absolute Gasteiger partial charge is 0.0494 e. The quantitative estimate of drug-likeness (QED) is 0.711. The average Bonchev–Trinajstić information content (AvgIpc) is 2.76. The van der Waals surface area contributed by atoms with Crippen molar-refractivity contribution in [3.63, 3.8) is 0 Å². The summed E-state index contributed by atoms with van der Waals surface area (Å²) in [5.74, 6) is 0. The van der Waals surface area contributed by atoms with Crippen molar-refractivity contribution in [3.05, 3.63) is 59.2 Å². The predicted octanol–water partition coefficient (Wildman–Crippen LogP) is 3.91. The normalized spacial score (nSPS) is 11.1. The molecule has 2 nitrogen and oxygen atoms in total. The van der Waals surface area contributed by atoms with E-state index in [1.807, 2.05) is 0 Å². The average molecular weight is 250 g/mol. The topological polar surface area (TPSA) is 41.8 Å². The molecule has 0 atom stereocenters. The Morgan fingerprint density at radius 1 is 1.05 bits per heavy atom. The molecule has 2 aromatic carbocycles. The van der Waals surface area contributed by atoms with Gasteiger partial charge in [-0.15, -0.1) is 0 Å². The number of rotatable bonds is 2. The maximum Gasteiger partial charge on any atom is 0.0494 e. The van der Waals surface area contributed by atoms with Crippen LogP contribution >= 0.6 is 0 Å². The zero-order chi connectivity index (χ0) is 13.4. The SMILES string of the molecule is Cc1cccc(-c2[nH]c3ccc(CN)cc3c2C)c1. The first-order valence-corrected chi connectivity index (χ1v) is 6.57. The Kier molecular flexibility index (Phi) is 2.88.